The molecule has 2 aliphatic heterocycles. The average molecular weight is 306 g/mol. The Labute approximate surface area is 132 Å². The van der Waals surface area contributed by atoms with Crippen LogP contribution in [0.4, 0.5) is 4.39 Å². The number of rotatable bonds is 4. The predicted octanol–water partition coefficient (Wildman–Crippen LogP) is 2.22. The van der Waals surface area contributed by atoms with Crippen molar-refractivity contribution in [1.29, 1.82) is 0 Å². The fourth-order valence-corrected chi connectivity index (χ4v) is 4.03. The Kier molecular flexibility index (Phi) is 5.11. The molecule has 2 heterocycles. The number of piperidine rings is 1. The molecule has 22 heavy (non-hydrogen) atoms. The Morgan fingerprint density at radius 1 is 1.23 bits per heavy atom. The number of aliphatic hydroxyl groups is 1. The van der Waals surface area contributed by atoms with E-state index < -0.39 is 0 Å². The summed E-state index contributed by atoms with van der Waals surface area (Å²) in [4.78, 5) is 2.53. The van der Waals surface area contributed by atoms with E-state index in [-0.39, 0.29) is 11.9 Å². The van der Waals surface area contributed by atoms with E-state index in [0.717, 1.165) is 45.6 Å². The summed E-state index contributed by atoms with van der Waals surface area (Å²) in [6.45, 7) is 7.15. The molecule has 0 amide bonds. The van der Waals surface area contributed by atoms with E-state index in [1.165, 1.54) is 5.56 Å². The van der Waals surface area contributed by atoms with Crippen LogP contribution in [0.15, 0.2) is 24.3 Å². The van der Waals surface area contributed by atoms with Crippen LogP contribution in [0.3, 0.4) is 0 Å². The van der Waals surface area contributed by atoms with Crippen molar-refractivity contribution in [2.24, 2.45) is 11.8 Å². The molecule has 0 spiro atoms. The van der Waals surface area contributed by atoms with Crippen LogP contribution in [0.5, 0.6) is 0 Å². The third-order valence-electron chi connectivity index (χ3n) is 5.43. The molecule has 2 N–H and O–H groups in total. The number of benzene rings is 1. The third-order valence-corrected chi connectivity index (χ3v) is 5.43. The van der Waals surface area contributed by atoms with Gasteiger partial charge in [0.2, 0.25) is 0 Å². The summed E-state index contributed by atoms with van der Waals surface area (Å²) in [5.41, 5.74) is 1.27. The first-order valence-corrected chi connectivity index (χ1v) is 8.50. The summed E-state index contributed by atoms with van der Waals surface area (Å²) >= 11 is 0. The summed E-state index contributed by atoms with van der Waals surface area (Å²) in [6.07, 6.45) is 2.06. The molecule has 1 aromatic carbocycles. The SMILES string of the molecule is CC(O)C1CNCC1CN1CCC(c2ccc(F)cc2)CC1. The van der Waals surface area contributed by atoms with E-state index in [2.05, 4.69) is 10.2 Å². The lowest BCUT2D eigenvalue weighted by Crippen LogP contribution is -2.40. The fraction of sp³-hybridized carbons (Fsp3) is 0.667. The monoisotopic (exact) mass is 306 g/mol. The molecule has 3 atom stereocenters. The summed E-state index contributed by atoms with van der Waals surface area (Å²) in [6, 6.07) is 7.00. The molecule has 2 fully saturated rings. The number of halogens is 1. The third kappa shape index (κ3) is 3.67. The van der Waals surface area contributed by atoms with E-state index in [1.807, 2.05) is 19.1 Å². The second-order valence-corrected chi connectivity index (χ2v) is 6.95. The van der Waals surface area contributed by atoms with Crippen LogP contribution in [0.25, 0.3) is 0 Å². The van der Waals surface area contributed by atoms with Crippen LogP contribution in [-0.4, -0.2) is 48.8 Å². The molecular formula is C18H27FN2O. The molecule has 0 aliphatic carbocycles. The standard InChI is InChI=1S/C18H27FN2O/c1-13(22)18-11-20-10-16(18)12-21-8-6-15(7-9-21)14-2-4-17(19)5-3-14/h2-5,13,15-16,18,20,22H,6-12H2,1H3. The highest BCUT2D eigenvalue weighted by atomic mass is 19.1. The second kappa shape index (κ2) is 7.07. The molecule has 4 heteroatoms. The number of hydrogen-bond donors (Lipinski definition) is 2. The van der Waals surface area contributed by atoms with Crippen molar-refractivity contribution in [2.45, 2.75) is 31.8 Å². The predicted molar refractivity (Wildman–Crippen MR) is 86.3 cm³/mol. The van der Waals surface area contributed by atoms with Crippen molar-refractivity contribution in [3.8, 4) is 0 Å². The van der Waals surface area contributed by atoms with Crippen LogP contribution in [0.1, 0.15) is 31.2 Å². The molecule has 1 aromatic rings. The van der Waals surface area contributed by atoms with Crippen LogP contribution in [0.2, 0.25) is 0 Å². The molecule has 3 rings (SSSR count). The van der Waals surface area contributed by atoms with Gasteiger partial charge in [0.25, 0.3) is 0 Å². The van der Waals surface area contributed by atoms with Crippen molar-refractivity contribution >= 4 is 0 Å². The maximum absolute atomic E-state index is 13.0. The van der Waals surface area contributed by atoms with Crippen molar-refractivity contribution in [3.63, 3.8) is 0 Å². The Morgan fingerprint density at radius 2 is 1.91 bits per heavy atom. The van der Waals surface area contributed by atoms with Crippen LogP contribution < -0.4 is 5.32 Å². The van der Waals surface area contributed by atoms with Gasteiger partial charge in [-0.2, -0.15) is 0 Å². The Bertz CT molecular complexity index is 468. The van der Waals surface area contributed by atoms with Gasteiger partial charge in [0.05, 0.1) is 6.10 Å². The number of hydrogen-bond acceptors (Lipinski definition) is 3. The van der Waals surface area contributed by atoms with Crippen molar-refractivity contribution in [2.75, 3.05) is 32.7 Å². The lowest BCUT2D eigenvalue weighted by Gasteiger charge is -2.35. The van der Waals surface area contributed by atoms with E-state index in [1.54, 1.807) is 12.1 Å². The molecule has 0 saturated carbocycles. The molecule has 122 valence electrons. The maximum atomic E-state index is 13.0. The highest BCUT2D eigenvalue weighted by Gasteiger charge is 2.32. The molecule has 2 saturated heterocycles. The van der Waals surface area contributed by atoms with Crippen LogP contribution >= 0.6 is 0 Å². The minimum atomic E-state index is -0.225. The van der Waals surface area contributed by atoms with Crippen molar-refractivity contribution in [1.82, 2.24) is 10.2 Å². The zero-order valence-electron chi connectivity index (χ0n) is 13.3. The van der Waals surface area contributed by atoms with Gasteiger partial charge in [0, 0.05) is 19.0 Å². The zero-order chi connectivity index (χ0) is 15.5. The van der Waals surface area contributed by atoms with E-state index in [9.17, 15) is 9.50 Å². The lowest BCUT2D eigenvalue weighted by atomic mass is 9.87. The van der Waals surface area contributed by atoms with Crippen molar-refractivity contribution in [3.05, 3.63) is 35.6 Å². The lowest BCUT2D eigenvalue weighted by molar-refractivity contribution is 0.0883. The van der Waals surface area contributed by atoms with Crippen LogP contribution in [0, 0.1) is 17.7 Å². The average Bonchev–Trinajstić information content (AvgIpc) is 2.97. The van der Waals surface area contributed by atoms with Gasteiger partial charge in [-0.05, 0) is 68.9 Å². The van der Waals surface area contributed by atoms with Gasteiger partial charge in [0.15, 0.2) is 0 Å². The Hall–Kier alpha value is -0.970. The molecule has 0 bridgehead atoms. The van der Waals surface area contributed by atoms with Crippen LogP contribution in [-0.2, 0) is 0 Å². The Balaban J connectivity index is 1.50. The summed E-state index contributed by atoms with van der Waals surface area (Å²) in [7, 11) is 0. The van der Waals surface area contributed by atoms with Gasteiger partial charge in [-0.1, -0.05) is 12.1 Å². The quantitative estimate of drug-likeness (QED) is 0.895. The molecule has 2 aliphatic rings. The minimum Gasteiger partial charge on any atom is -0.393 e. The smallest absolute Gasteiger partial charge is 0.123 e. The number of nitrogens with one attached hydrogen (secondary N) is 1. The molecule has 0 aromatic heterocycles. The molecule has 0 radical (unpaired) electrons. The minimum absolute atomic E-state index is 0.154. The van der Waals surface area contributed by atoms with E-state index >= 15 is 0 Å². The maximum Gasteiger partial charge on any atom is 0.123 e. The first kappa shape index (κ1) is 15.9. The molecule has 3 nitrogen and oxygen atoms in total. The number of likely N-dealkylation sites (tertiary alicyclic amines) is 1. The first-order valence-electron chi connectivity index (χ1n) is 8.50. The highest BCUT2D eigenvalue weighted by Crippen LogP contribution is 2.30. The van der Waals surface area contributed by atoms with Gasteiger partial charge in [0.1, 0.15) is 5.82 Å². The van der Waals surface area contributed by atoms with Gasteiger partial charge in [-0.3, -0.25) is 0 Å². The van der Waals surface area contributed by atoms with Gasteiger partial charge >= 0.3 is 0 Å². The molecule has 3 unspecified atom stereocenters. The van der Waals surface area contributed by atoms with Gasteiger partial charge < -0.3 is 15.3 Å². The zero-order valence-corrected chi connectivity index (χ0v) is 13.3. The highest BCUT2D eigenvalue weighted by molar-refractivity contribution is 5.21. The summed E-state index contributed by atoms with van der Waals surface area (Å²) < 4.78 is 13.0. The summed E-state index contributed by atoms with van der Waals surface area (Å²) in [5.74, 6) is 1.35. The van der Waals surface area contributed by atoms with Gasteiger partial charge in [-0.25, -0.2) is 4.39 Å². The normalized spacial score (nSPS) is 28.9. The Morgan fingerprint density at radius 3 is 2.55 bits per heavy atom. The first-order chi connectivity index (χ1) is 10.6. The second-order valence-electron chi connectivity index (χ2n) is 6.95. The fourth-order valence-electron chi connectivity index (χ4n) is 4.03. The topological polar surface area (TPSA) is 35.5 Å². The summed E-state index contributed by atoms with van der Waals surface area (Å²) in [5, 5.41) is 13.3. The van der Waals surface area contributed by atoms with E-state index in [0.29, 0.717) is 17.8 Å². The van der Waals surface area contributed by atoms with Gasteiger partial charge in [-0.15, -0.1) is 0 Å². The number of nitrogens with zero attached hydrogens (tertiary/aromatic N) is 1. The largest absolute Gasteiger partial charge is 0.393 e. The van der Waals surface area contributed by atoms with E-state index in [4.69, 9.17) is 0 Å². The number of aliphatic hydroxyl groups excluding tert-OH is 1. The molecular weight excluding hydrogens is 279 g/mol. The van der Waals surface area contributed by atoms with Crippen molar-refractivity contribution < 1.29 is 9.50 Å².